The molecule has 1 amide bonds. The van der Waals surface area contributed by atoms with Crippen molar-refractivity contribution in [3.05, 3.63) is 51.2 Å². The summed E-state index contributed by atoms with van der Waals surface area (Å²) >= 11 is 1.61. The van der Waals surface area contributed by atoms with Crippen LogP contribution in [0.2, 0.25) is 0 Å². The van der Waals surface area contributed by atoms with E-state index in [1.54, 1.807) is 35.6 Å². The molecule has 0 saturated heterocycles. The van der Waals surface area contributed by atoms with Gasteiger partial charge in [-0.05, 0) is 61.1 Å². The highest BCUT2D eigenvalue weighted by molar-refractivity contribution is 7.14. The van der Waals surface area contributed by atoms with Gasteiger partial charge < -0.3 is 5.32 Å². The molecule has 1 aromatic carbocycles. The first-order valence-corrected chi connectivity index (χ1v) is 7.90. The Morgan fingerprint density at radius 1 is 1.38 bits per heavy atom. The molecule has 1 atom stereocenters. The Kier molecular flexibility index (Phi) is 3.76. The number of hydrogen-bond acceptors (Lipinski definition) is 3. The zero-order valence-electron chi connectivity index (χ0n) is 11.8. The van der Waals surface area contributed by atoms with E-state index >= 15 is 0 Å². The maximum absolute atomic E-state index is 12.3. The average Bonchev–Trinajstić information content (AvgIpc) is 2.91. The quantitative estimate of drug-likeness (QED) is 0.910. The first-order chi connectivity index (χ1) is 10.2. The van der Waals surface area contributed by atoms with E-state index in [0.29, 0.717) is 11.5 Å². The number of carbonyl (C=O) groups is 1. The number of nitrogens with one attached hydrogen (secondary N) is 1. The lowest BCUT2D eigenvalue weighted by Gasteiger charge is -2.16. The number of fused-ring (bicyclic) bond motifs is 1. The molecule has 21 heavy (non-hydrogen) atoms. The lowest BCUT2D eigenvalue weighted by molar-refractivity contribution is 0.103. The van der Waals surface area contributed by atoms with Gasteiger partial charge in [0, 0.05) is 10.6 Å². The molecule has 1 aliphatic carbocycles. The monoisotopic (exact) mass is 296 g/mol. The number of nitriles is 1. The molecule has 106 valence electrons. The van der Waals surface area contributed by atoms with Crippen LogP contribution in [0.5, 0.6) is 0 Å². The maximum Gasteiger partial charge on any atom is 0.265 e. The Morgan fingerprint density at radius 2 is 2.14 bits per heavy atom. The SMILES string of the molecule is CC1CCc2sc(C(=O)Nc3ccc(C#N)cc3)cc2C1. The van der Waals surface area contributed by atoms with Gasteiger partial charge in [0.15, 0.2) is 0 Å². The predicted octanol–water partition coefficient (Wildman–Crippen LogP) is 4.00. The highest BCUT2D eigenvalue weighted by Crippen LogP contribution is 2.32. The summed E-state index contributed by atoms with van der Waals surface area (Å²) in [7, 11) is 0. The summed E-state index contributed by atoms with van der Waals surface area (Å²) in [5, 5.41) is 11.7. The van der Waals surface area contributed by atoms with Crippen molar-refractivity contribution in [2.45, 2.75) is 26.2 Å². The van der Waals surface area contributed by atoms with Crippen LogP contribution in [-0.4, -0.2) is 5.91 Å². The van der Waals surface area contributed by atoms with Crippen LogP contribution in [0.3, 0.4) is 0 Å². The van der Waals surface area contributed by atoms with E-state index in [2.05, 4.69) is 18.3 Å². The van der Waals surface area contributed by atoms with Gasteiger partial charge in [-0.3, -0.25) is 4.79 Å². The minimum absolute atomic E-state index is 0.0632. The van der Waals surface area contributed by atoms with Crippen molar-refractivity contribution in [3.8, 4) is 6.07 Å². The van der Waals surface area contributed by atoms with Gasteiger partial charge in [-0.1, -0.05) is 6.92 Å². The number of anilines is 1. The summed E-state index contributed by atoms with van der Waals surface area (Å²) in [4.78, 5) is 14.4. The van der Waals surface area contributed by atoms with Crippen LogP contribution in [0.1, 0.15) is 39.0 Å². The van der Waals surface area contributed by atoms with Crippen LogP contribution < -0.4 is 5.32 Å². The van der Waals surface area contributed by atoms with Gasteiger partial charge in [-0.25, -0.2) is 0 Å². The third kappa shape index (κ3) is 2.98. The summed E-state index contributed by atoms with van der Waals surface area (Å²) in [6.07, 6.45) is 3.38. The zero-order chi connectivity index (χ0) is 14.8. The average molecular weight is 296 g/mol. The lowest BCUT2D eigenvalue weighted by atomic mass is 9.90. The third-order valence-electron chi connectivity index (χ3n) is 3.82. The number of rotatable bonds is 2. The molecule has 0 radical (unpaired) electrons. The van der Waals surface area contributed by atoms with Gasteiger partial charge in [0.25, 0.3) is 5.91 Å². The van der Waals surface area contributed by atoms with Gasteiger partial charge in [0.05, 0.1) is 16.5 Å². The van der Waals surface area contributed by atoms with E-state index in [1.165, 1.54) is 16.9 Å². The molecule has 4 heteroatoms. The second kappa shape index (κ2) is 5.71. The van der Waals surface area contributed by atoms with Crippen molar-refractivity contribution in [3.63, 3.8) is 0 Å². The molecule has 3 nitrogen and oxygen atoms in total. The molecule has 1 N–H and O–H groups in total. The van der Waals surface area contributed by atoms with Crippen LogP contribution in [0, 0.1) is 17.2 Å². The van der Waals surface area contributed by atoms with Crippen LogP contribution in [0.25, 0.3) is 0 Å². The molecule has 1 aromatic heterocycles. The molecule has 0 aliphatic heterocycles. The molecule has 2 aromatic rings. The van der Waals surface area contributed by atoms with E-state index in [0.717, 1.165) is 23.4 Å². The zero-order valence-corrected chi connectivity index (χ0v) is 12.7. The Hall–Kier alpha value is -2.12. The van der Waals surface area contributed by atoms with E-state index < -0.39 is 0 Å². The van der Waals surface area contributed by atoms with E-state index in [-0.39, 0.29) is 5.91 Å². The van der Waals surface area contributed by atoms with Gasteiger partial charge in [0.1, 0.15) is 0 Å². The Labute approximate surface area is 128 Å². The van der Waals surface area contributed by atoms with Gasteiger partial charge in [-0.15, -0.1) is 11.3 Å². The predicted molar refractivity (Wildman–Crippen MR) is 84.6 cm³/mol. The van der Waals surface area contributed by atoms with Crippen LogP contribution in [-0.2, 0) is 12.8 Å². The van der Waals surface area contributed by atoms with Crippen molar-refractivity contribution in [1.29, 1.82) is 5.26 Å². The van der Waals surface area contributed by atoms with E-state index in [4.69, 9.17) is 5.26 Å². The molecular formula is C17H16N2OS. The van der Waals surface area contributed by atoms with E-state index in [9.17, 15) is 4.79 Å². The van der Waals surface area contributed by atoms with Crippen molar-refractivity contribution < 1.29 is 4.79 Å². The number of amides is 1. The molecule has 1 heterocycles. The normalized spacial score (nSPS) is 16.9. The Balaban J connectivity index is 1.75. The van der Waals surface area contributed by atoms with Gasteiger partial charge >= 0.3 is 0 Å². The summed E-state index contributed by atoms with van der Waals surface area (Å²) in [6.45, 7) is 2.26. The number of hydrogen-bond donors (Lipinski definition) is 1. The fourth-order valence-electron chi connectivity index (χ4n) is 2.64. The Morgan fingerprint density at radius 3 is 2.86 bits per heavy atom. The number of benzene rings is 1. The third-order valence-corrected chi connectivity index (χ3v) is 5.06. The van der Waals surface area contributed by atoms with E-state index in [1.807, 2.05) is 6.07 Å². The highest BCUT2D eigenvalue weighted by Gasteiger charge is 2.20. The molecule has 0 saturated carbocycles. The smallest absolute Gasteiger partial charge is 0.265 e. The largest absolute Gasteiger partial charge is 0.321 e. The molecule has 0 fully saturated rings. The maximum atomic E-state index is 12.3. The van der Waals surface area contributed by atoms with Crippen LogP contribution >= 0.6 is 11.3 Å². The summed E-state index contributed by atoms with van der Waals surface area (Å²) in [5.41, 5.74) is 2.65. The summed E-state index contributed by atoms with van der Waals surface area (Å²) in [6, 6.07) is 11.0. The minimum atomic E-state index is -0.0632. The fourth-order valence-corrected chi connectivity index (χ4v) is 3.74. The van der Waals surface area contributed by atoms with Crippen molar-refractivity contribution >= 4 is 22.9 Å². The minimum Gasteiger partial charge on any atom is -0.321 e. The molecule has 0 bridgehead atoms. The van der Waals surface area contributed by atoms with Gasteiger partial charge in [0.2, 0.25) is 0 Å². The first kappa shape index (κ1) is 13.8. The number of carbonyl (C=O) groups excluding carboxylic acids is 1. The molecule has 0 spiro atoms. The molecular weight excluding hydrogens is 280 g/mol. The number of thiophene rings is 1. The van der Waals surface area contributed by atoms with Crippen molar-refractivity contribution in [2.75, 3.05) is 5.32 Å². The van der Waals surface area contributed by atoms with Crippen molar-refractivity contribution in [1.82, 2.24) is 0 Å². The standard InChI is InChI=1S/C17H16N2OS/c1-11-2-7-15-13(8-11)9-16(21-15)17(20)19-14-5-3-12(10-18)4-6-14/h3-6,9,11H,2,7-8H2,1H3,(H,19,20). The second-order valence-electron chi connectivity index (χ2n) is 5.55. The second-order valence-corrected chi connectivity index (χ2v) is 6.69. The molecule has 1 aliphatic rings. The topological polar surface area (TPSA) is 52.9 Å². The lowest BCUT2D eigenvalue weighted by Crippen LogP contribution is -2.10. The molecule has 3 rings (SSSR count). The summed E-state index contributed by atoms with van der Waals surface area (Å²) in [5.74, 6) is 0.647. The number of aryl methyl sites for hydroxylation is 1. The molecule has 1 unspecified atom stereocenters. The fraction of sp³-hybridized carbons (Fsp3) is 0.294. The van der Waals surface area contributed by atoms with Crippen LogP contribution in [0.4, 0.5) is 5.69 Å². The van der Waals surface area contributed by atoms with Crippen LogP contribution in [0.15, 0.2) is 30.3 Å². The van der Waals surface area contributed by atoms with Crippen molar-refractivity contribution in [2.24, 2.45) is 5.92 Å². The summed E-state index contributed by atoms with van der Waals surface area (Å²) < 4.78 is 0. The van der Waals surface area contributed by atoms with Gasteiger partial charge in [-0.2, -0.15) is 5.26 Å². The Bertz CT molecular complexity index is 709. The highest BCUT2D eigenvalue weighted by atomic mass is 32.1. The number of nitrogens with zero attached hydrogens (tertiary/aromatic N) is 1. The first-order valence-electron chi connectivity index (χ1n) is 7.09.